The van der Waals surface area contributed by atoms with Gasteiger partial charge in [0.1, 0.15) is 0 Å². The van der Waals surface area contributed by atoms with E-state index in [-0.39, 0.29) is 30.0 Å². The Morgan fingerprint density at radius 2 is 1.81 bits per heavy atom. The zero-order chi connectivity index (χ0) is 18.4. The van der Waals surface area contributed by atoms with E-state index in [1.165, 1.54) is 5.56 Å². The molecule has 1 unspecified atom stereocenters. The van der Waals surface area contributed by atoms with Gasteiger partial charge in [-0.05, 0) is 37.4 Å². The van der Waals surface area contributed by atoms with Crippen LogP contribution in [0.3, 0.4) is 0 Å². The molecule has 1 heterocycles. The first-order chi connectivity index (χ1) is 12.7. The highest BCUT2D eigenvalue weighted by Crippen LogP contribution is 2.32. The fraction of sp³-hybridized carbons (Fsp3) is 0.350. The Morgan fingerprint density at radius 1 is 1.07 bits per heavy atom. The molecule has 0 radical (unpaired) electrons. The highest BCUT2D eigenvalue weighted by Gasteiger charge is 2.15. The third kappa shape index (κ3) is 5.74. The van der Waals surface area contributed by atoms with Gasteiger partial charge in [-0.2, -0.15) is 0 Å². The third-order valence-corrected chi connectivity index (χ3v) is 4.39. The molecule has 1 atom stereocenters. The van der Waals surface area contributed by atoms with Crippen LogP contribution in [0.25, 0.3) is 0 Å². The quantitative estimate of drug-likeness (QED) is 0.377. The van der Waals surface area contributed by atoms with Crippen molar-refractivity contribution in [2.75, 3.05) is 34.5 Å². The summed E-state index contributed by atoms with van der Waals surface area (Å²) in [5.41, 5.74) is 2.39. The average molecular weight is 482 g/mol. The summed E-state index contributed by atoms with van der Waals surface area (Å²) >= 11 is 0. The van der Waals surface area contributed by atoms with Gasteiger partial charge in [-0.15, -0.1) is 24.0 Å². The first-order valence-electron chi connectivity index (χ1n) is 8.72. The molecule has 6 nitrogen and oxygen atoms in total. The zero-order valence-electron chi connectivity index (χ0n) is 15.9. The first-order valence-corrected chi connectivity index (χ1v) is 8.72. The molecule has 146 valence electrons. The number of nitrogens with zero attached hydrogens (tertiary/aromatic N) is 2. The molecule has 2 aromatic rings. The Labute approximate surface area is 178 Å². The molecule has 0 aromatic heterocycles. The minimum absolute atomic E-state index is 0. The number of hydrogen-bond donors (Lipinski definition) is 2. The minimum atomic E-state index is 0. The molecule has 27 heavy (non-hydrogen) atoms. The lowest BCUT2D eigenvalue weighted by Crippen LogP contribution is -2.41. The van der Waals surface area contributed by atoms with Gasteiger partial charge < -0.3 is 25.0 Å². The molecular formula is C20H27IN4O2. The SMILES string of the molecule is CN=C(NCc1ccc2c(c1)OCO2)NCC(c1ccccc1)N(C)C.I. The molecule has 2 aromatic carbocycles. The molecule has 2 N–H and O–H groups in total. The molecule has 0 aliphatic carbocycles. The number of fused-ring (bicyclic) bond motifs is 1. The second kappa shape index (κ2) is 10.4. The lowest BCUT2D eigenvalue weighted by atomic mass is 10.1. The Balaban J connectivity index is 0.00000261. The van der Waals surface area contributed by atoms with Gasteiger partial charge in [-0.1, -0.05) is 36.4 Å². The number of likely N-dealkylation sites (N-methyl/N-ethyl adjacent to an activating group) is 1. The maximum Gasteiger partial charge on any atom is 0.231 e. The van der Waals surface area contributed by atoms with E-state index in [1.807, 2.05) is 24.3 Å². The van der Waals surface area contributed by atoms with Crippen LogP contribution >= 0.6 is 24.0 Å². The fourth-order valence-corrected chi connectivity index (χ4v) is 2.92. The van der Waals surface area contributed by atoms with E-state index < -0.39 is 0 Å². The van der Waals surface area contributed by atoms with Gasteiger partial charge in [0, 0.05) is 20.1 Å². The predicted octanol–water partition coefficient (Wildman–Crippen LogP) is 3.00. The number of halogens is 1. The summed E-state index contributed by atoms with van der Waals surface area (Å²) in [4.78, 5) is 6.52. The molecule has 0 bridgehead atoms. The van der Waals surface area contributed by atoms with Crippen molar-refractivity contribution >= 4 is 29.9 Å². The van der Waals surface area contributed by atoms with Gasteiger partial charge in [-0.3, -0.25) is 4.99 Å². The smallest absolute Gasteiger partial charge is 0.231 e. The summed E-state index contributed by atoms with van der Waals surface area (Å²) < 4.78 is 10.8. The van der Waals surface area contributed by atoms with Crippen LogP contribution in [0.15, 0.2) is 53.5 Å². The largest absolute Gasteiger partial charge is 0.454 e. The van der Waals surface area contributed by atoms with Gasteiger partial charge in [0.25, 0.3) is 0 Å². The molecule has 0 saturated carbocycles. The normalized spacial score (nSPS) is 13.9. The van der Waals surface area contributed by atoms with Crippen LogP contribution in [-0.2, 0) is 6.54 Å². The van der Waals surface area contributed by atoms with Crippen LogP contribution in [0.2, 0.25) is 0 Å². The summed E-state index contributed by atoms with van der Waals surface area (Å²) in [6.07, 6.45) is 0. The summed E-state index contributed by atoms with van der Waals surface area (Å²) in [5.74, 6) is 2.36. The van der Waals surface area contributed by atoms with Crippen molar-refractivity contribution in [1.82, 2.24) is 15.5 Å². The fourth-order valence-electron chi connectivity index (χ4n) is 2.92. The maximum absolute atomic E-state index is 5.43. The van der Waals surface area contributed by atoms with Crippen molar-refractivity contribution in [3.05, 3.63) is 59.7 Å². The molecule has 3 rings (SSSR count). The van der Waals surface area contributed by atoms with Gasteiger partial charge in [0.05, 0.1) is 6.04 Å². The van der Waals surface area contributed by atoms with E-state index in [4.69, 9.17) is 9.47 Å². The van der Waals surface area contributed by atoms with Crippen molar-refractivity contribution < 1.29 is 9.47 Å². The number of hydrogen-bond acceptors (Lipinski definition) is 4. The highest BCUT2D eigenvalue weighted by molar-refractivity contribution is 14.0. The Hall–Kier alpha value is -2.00. The van der Waals surface area contributed by atoms with Gasteiger partial charge >= 0.3 is 0 Å². The van der Waals surface area contributed by atoms with Gasteiger partial charge in [0.2, 0.25) is 6.79 Å². The summed E-state index contributed by atoms with van der Waals surface area (Å²) in [6.45, 7) is 1.72. The average Bonchev–Trinajstić information content (AvgIpc) is 3.13. The molecule has 0 saturated heterocycles. The Bertz CT molecular complexity index is 753. The van der Waals surface area contributed by atoms with E-state index in [1.54, 1.807) is 7.05 Å². The van der Waals surface area contributed by atoms with Crippen molar-refractivity contribution in [3.8, 4) is 11.5 Å². The summed E-state index contributed by atoms with van der Waals surface area (Å²) in [5, 5.41) is 6.76. The third-order valence-electron chi connectivity index (χ3n) is 4.39. The molecule has 1 aliphatic rings. The maximum atomic E-state index is 5.43. The number of rotatable bonds is 6. The van der Waals surface area contributed by atoms with E-state index in [0.717, 1.165) is 29.6 Å². The van der Waals surface area contributed by atoms with Gasteiger partial charge in [0.15, 0.2) is 17.5 Å². The number of ether oxygens (including phenoxy) is 2. The number of guanidine groups is 1. The lowest BCUT2D eigenvalue weighted by Gasteiger charge is -2.26. The van der Waals surface area contributed by atoms with E-state index in [9.17, 15) is 0 Å². The standard InChI is InChI=1S/C20H26N4O2.HI/c1-21-20(22-12-15-9-10-18-19(11-15)26-14-25-18)23-13-17(24(2)3)16-7-5-4-6-8-16;/h4-11,17H,12-14H2,1-3H3,(H2,21,22,23);1H. The van der Waals surface area contributed by atoms with Crippen LogP contribution in [0.5, 0.6) is 11.5 Å². The Kier molecular flexibility index (Phi) is 8.18. The molecular weight excluding hydrogens is 455 g/mol. The predicted molar refractivity (Wildman–Crippen MR) is 119 cm³/mol. The Morgan fingerprint density at radius 3 is 2.52 bits per heavy atom. The van der Waals surface area contributed by atoms with Crippen LogP contribution < -0.4 is 20.1 Å². The molecule has 0 spiro atoms. The van der Waals surface area contributed by atoms with Gasteiger partial charge in [-0.25, -0.2) is 0 Å². The number of aliphatic imine (C=N–C) groups is 1. The van der Waals surface area contributed by atoms with Crippen molar-refractivity contribution in [3.63, 3.8) is 0 Å². The lowest BCUT2D eigenvalue weighted by molar-refractivity contribution is 0.174. The molecule has 0 fully saturated rings. The topological polar surface area (TPSA) is 58.1 Å². The first kappa shape index (κ1) is 21.3. The minimum Gasteiger partial charge on any atom is -0.454 e. The second-order valence-electron chi connectivity index (χ2n) is 6.38. The summed E-state index contributed by atoms with van der Waals surface area (Å²) in [7, 11) is 5.95. The summed E-state index contributed by atoms with van der Waals surface area (Å²) in [6, 6.07) is 16.7. The van der Waals surface area contributed by atoms with Crippen LogP contribution in [0.1, 0.15) is 17.2 Å². The van der Waals surface area contributed by atoms with E-state index >= 15 is 0 Å². The van der Waals surface area contributed by atoms with Crippen LogP contribution in [0.4, 0.5) is 0 Å². The van der Waals surface area contributed by atoms with E-state index in [0.29, 0.717) is 13.3 Å². The zero-order valence-corrected chi connectivity index (χ0v) is 18.3. The van der Waals surface area contributed by atoms with Crippen molar-refractivity contribution in [2.45, 2.75) is 12.6 Å². The van der Waals surface area contributed by atoms with Crippen LogP contribution in [0, 0.1) is 0 Å². The number of nitrogens with one attached hydrogen (secondary N) is 2. The molecule has 7 heteroatoms. The molecule has 0 amide bonds. The van der Waals surface area contributed by atoms with Crippen molar-refractivity contribution in [2.24, 2.45) is 4.99 Å². The van der Waals surface area contributed by atoms with Crippen LogP contribution in [-0.4, -0.2) is 45.3 Å². The second-order valence-corrected chi connectivity index (χ2v) is 6.38. The van der Waals surface area contributed by atoms with E-state index in [2.05, 4.69) is 58.9 Å². The molecule has 1 aliphatic heterocycles. The highest BCUT2D eigenvalue weighted by atomic mass is 127. The number of benzene rings is 2. The van der Waals surface area contributed by atoms with Crippen molar-refractivity contribution in [1.29, 1.82) is 0 Å². The monoisotopic (exact) mass is 482 g/mol.